The number of nitrogens with one attached hydrogen (secondary N) is 1. The number of rotatable bonds is 0. The van der Waals surface area contributed by atoms with Crippen LogP contribution >= 0.6 is 0 Å². The lowest BCUT2D eigenvalue weighted by atomic mass is 9.73. The molecule has 1 unspecified atom stereocenters. The van der Waals surface area contributed by atoms with Crippen LogP contribution in [-0.2, 0) is 6.42 Å². The van der Waals surface area contributed by atoms with Crippen molar-refractivity contribution >= 4 is 6.21 Å². The highest BCUT2D eigenvalue weighted by Gasteiger charge is 2.36. The Morgan fingerprint density at radius 1 is 1.21 bits per heavy atom. The zero-order valence-corrected chi connectivity index (χ0v) is 11.0. The molecule has 1 N–H and O–H groups in total. The Morgan fingerprint density at radius 3 is 2.95 bits per heavy atom. The van der Waals surface area contributed by atoms with E-state index < -0.39 is 0 Å². The van der Waals surface area contributed by atoms with Crippen molar-refractivity contribution in [2.24, 2.45) is 4.99 Å². The molecule has 1 aromatic carbocycles. The molecule has 0 saturated carbocycles. The van der Waals surface area contributed by atoms with E-state index in [1.165, 1.54) is 29.7 Å². The second-order valence-electron chi connectivity index (χ2n) is 5.19. The standard InChI is InChI=1S/C15H16N2.C2H2/c1-2-4-11-10(3-1)5-6-13-15(11)12-7-8-16-14(12)9-17-13;1-2/h1-4,8,13,15,17H,5-7,9H2;1-2H/t13?,15-;/m0./s1. The number of nitrogens with zero attached hydrogens (tertiary/aromatic N) is 1. The lowest BCUT2D eigenvalue weighted by Gasteiger charge is -2.38. The number of fused-ring (bicyclic) bond motifs is 4. The topological polar surface area (TPSA) is 24.4 Å². The SMILES string of the molecule is C#C.C1=NC2=C(C1)[C@@H]1c3ccccc3CCC1NC2. The van der Waals surface area contributed by atoms with Gasteiger partial charge in [0.1, 0.15) is 0 Å². The van der Waals surface area contributed by atoms with Gasteiger partial charge in [-0.25, -0.2) is 0 Å². The highest BCUT2D eigenvalue weighted by molar-refractivity contribution is 5.69. The van der Waals surface area contributed by atoms with Gasteiger partial charge in [-0.3, -0.25) is 4.99 Å². The molecule has 1 aliphatic carbocycles. The monoisotopic (exact) mass is 250 g/mol. The molecule has 4 rings (SSSR count). The summed E-state index contributed by atoms with van der Waals surface area (Å²) in [6.07, 6.45) is 13.6. The Hall–Kier alpha value is -1.85. The summed E-state index contributed by atoms with van der Waals surface area (Å²) in [5.74, 6) is 0.575. The molecule has 19 heavy (non-hydrogen) atoms. The van der Waals surface area contributed by atoms with Crippen LogP contribution in [-0.4, -0.2) is 18.8 Å². The summed E-state index contributed by atoms with van der Waals surface area (Å²) in [6, 6.07) is 9.56. The number of aliphatic imine (C=N–C) groups is 1. The molecular weight excluding hydrogens is 232 g/mol. The molecule has 0 bridgehead atoms. The summed E-state index contributed by atoms with van der Waals surface area (Å²) in [6.45, 7) is 0.967. The molecule has 96 valence electrons. The van der Waals surface area contributed by atoms with E-state index in [-0.39, 0.29) is 0 Å². The van der Waals surface area contributed by atoms with Crippen LogP contribution in [0, 0.1) is 12.8 Å². The van der Waals surface area contributed by atoms with E-state index in [2.05, 4.69) is 53.6 Å². The number of benzene rings is 1. The highest BCUT2D eigenvalue weighted by Crippen LogP contribution is 2.42. The minimum atomic E-state index is 0.575. The van der Waals surface area contributed by atoms with Crippen LogP contribution in [0.2, 0.25) is 0 Å². The fourth-order valence-electron chi connectivity index (χ4n) is 3.56. The smallest absolute Gasteiger partial charge is 0.0540 e. The normalized spacial score (nSPS) is 26.8. The molecule has 0 aromatic heterocycles. The molecule has 0 fully saturated rings. The lowest BCUT2D eigenvalue weighted by Crippen LogP contribution is -2.43. The predicted molar refractivity (Wildman–Crippen MR) is 79.3 cm³/mol. The molecule has 2 heteroatoms. The van der Waals surface area contributed by atoms with Crippen LogP contribution in [0.4, 0.5) is 0 Å². The molecule has 2 heterocycles. The van der Waals surface area contributed by atoms with Crippen molar-refractivity contribution in [1.82, 2.24) is 5.32 Å². The van der Waals surface area contributed by atoms with E-state index in [1.807, 2.05) is 0 Å². The van der Waals surface area contributed by atoms with Gasteiger partial charge in [-0.15, -0.1) is 12.8 Å². The van der Waals surface area contributed by atoms with Gasteiger partial charge < -0.3 is 5.32 Å². The first kappa shape index (κ1) is 12.2. The van der Waals surface area contributed by atoms with Gasteiger partial charge in [0.15, 0.2) is 0 Å². The molecule has 2 atom stereocenters. The zero-order chi connectivity index (χ0) is 13.2. The Bertz CT molecular complexity index is 566. The first-order valence-electron chi connectivity index (χ1n) is 6.82. The summed E-state index contributed by atoms with van der Waals surface area (Å²) in [4.78, 5) is 4.51. The maximum Gasteiger partial charge on any atom is 0.0540 e. The molecule has 1 aromatic rings. The van der Waals surface area contributed by atoms with Gasteiger partial charge in [0.05, 0.1) is 5.70 Å². The van der Waals surface area contributed by atoms with E-state index in [1.54, 1.807) is 5.57 Å². The van der Waals surface area contributed by atoms with E-state index in [0.29, 0.717) is 12.0 Å². The van der Waals surface area contributed by atoms with Gasteiger partial charge in [-0.05, 0) is 29.5 Å². The van der Waals surface area contributed by atoms with Crippen molar-refractivity contribution in [3.8, 4) is 12.8 Å². The summed E-state index contributed by atoms with van der Waals surface area (Å²) in [5, 5.41) is 3.66. The van der Waals surface area contributed by atoms with E-state index >= 15 is 0 Å². The van der Waals surface area contributed by atoms with E-state index in [0.717, 1.165) is 13.0 Å². The first-order chi connectivity index (χ1) is 9.43. The highest BCUT2D eigenvalue weighted by atomic mass is 15.0. The molecule has 2 aliphatic heterocycles. The van der Waals surface area contributed by atoms with Gasteiger partial charge in [-0.2, -0.15) is 0 Å². The molecule has 2 nitrogen and oxygen atoms in total. The van der Waals surface area contributed by atoms with Crippen molar-refractivity contribution < 1.29 is 0 Å². The first-order valence-corrected chi connectivity index (χ1v) is 6.82. The zero-order valence-electron chi connectivity index (χ0n) is 11.0. The summed E-state index contributed by atoms with van der Waals surface area (Å²) in [7, 11) is 0. The summed E-state index contributed by atoms with van der Waals surface area (Å²) >= 11 is 0. The van der Waals surface area contributed by atoms with E-state index in [9.17, 15) is 0 Å². The molecule has 0 saturated heterocycles. The Kier molecular flexibility index (Phi) is 3.23. The quantitative estimate of drug-likeness (QED) is 0.703. The third kappa shape index (κ3) is 1.91. The van der Waals surface area contributed by atoms with Crippen molar-refractivity contribution in [3.05, 3.63) is 46.7 Å². The minimum Gasteiger partial charge on any atom is -0.307 e. The molecular formula is C17H18N2. The third-order valence-corrected chi connectivity index (χ3v) is 4.35. The van der Waals surface area contributed by atoms with Crippen LogP contribution in [0.5, 0.6) is 0 Å². The maximum absolute atomic E-state index is 4.51. The largest absolute Gasteiger partial charge is 0.307 e. The third-order valence-electron chi connectivity index (χ3n) is 4.35. The number of hydrogen-bond donors (Lipinski definition) is 1. The lowest BCUT2D eigenvalue weighted by molar-refractivity contribution is 0.405. The van der Waals surface area contributed by atoms with Crippen LogP contribution in [0.25, 0.3) is 0 Å². The second-order valence-corrected chi connectivity index (χ2v) is 5.19. The van der Waals surface area contributed by atoms with Gasteiger partial charge >= 0.3 is 0 Å². The van der Waals surface area contributed by atoms with Crippen LogP contribution in [0.3, 0.4) is 0 Å². The number of terminal acetylenes is 1. The molecule has 0 radical (unpaired) electrons. The van der Waals surface area contributed by atoms with Crippen LogP contribution in [0.15, 0.2) is 40.5 Å². The average molecular weight is 250 g/mol. The van der Waals surface area contributed by atoms with Crippen molar-refractivity contribution in [2.45, 2.75) is 31.2 Å². The van der Waals surface area contributed by atoms with Gasteiger partial charge in [0.25, 0.3) is 0 Å². The fourth-order valence-corrected chi connectivity index (χ4v) is 3.56. The van der Waals surface area contributed by atoms with Crippen molar-refractivity contribution in [1.29, 1.82) is 0 Å². The van der Waals surface area contributed by atoms with Crippen LogP contribution < -0.4 is 5.32 Å². The van der Waals surface area contributed by atoms with Crippen molar-refractivity contribution in [3.63, 3.8) is 0 Å². The number of aryl methyl sites for hydroxylation is 1. The molecule has 3 aliphatic rings. The van der Waals surface area contributed by atoms with E-state index in [4.69, 9.17) is 0 Å². The fraction of sp³-hybridized carbons (Fsp3) is 0.353. The summed E-state index contributed by atoms with van der Waals surface area (Å²) in [5.41, 5.74) is 5.94. The Balaban J connectivity index is 0.000000528. The Morgan fingerprint density at radius 2 is 2.05 bits per heavy atom. The van der Waals surface area contributed by atoms with Crippen molar-refractivity contribution in [2.75, 3.05) is 6.54 Å². The second kappa shape index (κ2) is 5.03. The molecule has 0 amide bonds. The maximum atomic E-state index is 4.51. The van der Waals surface area contributed by atoms with Gasteiger partial charge in [-0.1, -0.05) is 24.3 Å². The summed E-state index contributed by atoms with van der Waals surface area (Å²) < 4.78 is 0. The predicted octanol–water partition coefficient (Wildman–Crippen LogP) is 2.67. The molecule has 0 spiro atoms. The average Bonchev–Trinajstić information content (AvgIpc) is 2.97. The Labute approximate surface area is 114 Å². The number of hydrogen-bond acceptors (Lipinski definition) is 2. The van der Waals surface area contributed by atoms with Crippen LogP contribution in [0.1, 0.15) is 29.9 Å². The van der Waals surface area contributed by atoms with Gasteiger partial charge in [0, 0.05) is 31.1 Å². The van der Waals surface area contributed by atoms with Gasteiger partial charge in [0.2, 0.25) is 0 Å². The minimum absolute atomic E-state index is 0.575.